The number of piperidine rings is 1. The first-order valence-electron chi connectivity index (χ1n) is 21.8. The normalized spacial score (nSPS) is 14.1. The average molecular weight is 865 g/mol. The summed E-state index contributed by atoms with van der Waals surface area (Å²) in [6.07, 6.45) is 1.18. The molecule has 13 heteroatoms. The third-order valence-electron chi connectivity index (χ3n) is 11.7. The van der Waals surface area contributed by atoms with Crippen LogP contribution in [-0.2, 0) is 33.7 Å². The molecule has 6 aromatic rings. The Kier molecular flexibility index (Phi) is 15.2. The lowest BCUT2D eigenvalue weighted by atomic mass is 10.0. The topological polar surface area (TPSA) is 176 Å². The molecular weight excluding hydrogens is 809 g/mol. The summed E-state index contributed by atoms with van der Waals surface area (Å²) < 4.78 is 5.78. The Bertz CT molecular complexity index is 2570. The summed E-state index contributed by atoms with van der Waals surface area (Å²) in [6.45, 7) is 4.80. The number of H-pyrrole nitrogens is 1. The zero-order valence-corrected chi connectivity index (χ0v) is 36.3. The Morgan fingerprint density at radius 3 is 2.28 bits per heavy atom. The quantitative estimate of drug-likeness (QED) is 0.0560. The van der Waals surface area contributed by atoms with E-state index in [4.69, 9.17) is 4.74 Å². The third kappa shape index (κ3) is 12.2. The van der Waals surface area contributed by atoms with Gasteiger partial charge in [0.2, 0.25) is 17.4 Å². The van der Waals surface area contributed by atoms with Gasteiger partial charge in [0, 0.05) is 74.9 Å². The Morgan fingerprint density at radius 2 is 1.53 bits per heavy atom. The van der Waals surface area contributed by atoms with Gasteiger partial charge in [0.25, 0.3) is 0 Å². The highest BCUT2D eigenvalue weighted by Crippen LogP contribution is 2.30. The number of likely N-dealkylation sites (tertiary alicyclic amines) is 1. The third-order valence-corrected chi connectivity index (χ3v) is 11.7. The van der Waals surface area contributed by atoms with E-state index in [0.29, 0.717) is 54.5 Å². The fourth-order valence-electron chi connectivity index (χ4n) is 8.05. The minimum absolute atomic E-state index is 0.00399. The largest absolute Gasteiger partial charge is 0.506 e. The summed E-state index contributed by atoms with van der Waals surface area (Å²) in [4.78, 5) is 57.0. The van der Waals surface area contributed by atoms with Crippen LogP contribution in [0.4, 0.5) is 16.2 Å². The van der Waals surface area contributed by atoms with Gasteiger partial charge in [-0.1, -0.05) is 91.0 Å². The molecule has 0 saturated carbocycles. The zero-order chi connectivity index (χ0) is 45.0. The Balaban J connectivity index is 0.775. The summed E-state index contributed by atoms with van der Waals surface area (Å²) in [6, 6.07) is 39.3. The van der Waals surface area contributed by atoms with Gasteiger partial charge in [-0.05, 0) is 84.3 Å². The van der Waals surface area contributed by atoms with Crippen molar-refractivity contribution in [3.63, 3.8) is 0 Å². The van der Waals surface area contributed by atoms with Crippen LogP contribution in [0.1, 0.15) is 54.5 Å². The maximum atomic E-state index is 13.1. The zero-order valence-electron chi connectivity index (χ0n) is 36.3. The van der Waals surface area contributed by atoms with Crippen LogP contribution in [0.3, 0.4) is 0 Å². The van der Waals surface area contributed by atoms with E-state index < -0.39 is 12.2 Å². The van der Waals surface area contributed by atoms with Crippen molar-refractivity contribution in [2.45, 2.75) is 63.8 Å². The molecule has 2 heterocycles. The number of aliphatic hydroxyl groups excluding tert-OH is 1. The molecule has 0 radical (unpaired) electrons. The fraction of sp³-hybridized carbons (Fsp3) is 0.294. The molecule has 3 amide bonds. The van der Waals surface area contributed by atoms with Gasteiger partial charge in [0.05, 0.1) is 23.7 Å². The molecule has 0 bridgehead atoms. The number of benzene rings is 5. The SMILES string of the molecule is CC(Cc1ccc(CNC(=O)Cc2ccc(N(C)C(=O)CCN3CCC(OC(=O)Nc4ccccc4-c4ccccc4)CC3)cc2)cc1)NC[C@H](O)c1ccc(O)c2[nH]c(=O)ccc12. The lowest BCUT2D eigenvalue weighted by Gasteiger charge is -2.31. The molecule has 1 fully saturated rings. The lowest BCUT2D eigenvalue weighted by Crippen LogP contribution is -2.40. The number of aliphatic hydroxyl groups is 1. The molecule has 1 unspecified atom stereocenters. The molecule has 1 aliphatic heterocycles. The molecule has 5 aromatic carbocycles. The minimum atomic E-state index is -0.843. The van der Waals surface area contributed by atoms with E-state index in [1.54, 1.807) is 24.1 Å². The number of nitrogens with zero attached hydrogens (tertiary/aromatic N) is 2. The van der Waals surface area contributed by atoms with Crippen molar-refractivity contribution in [3.05, 3.63) is 160 Å². The number of fused-ring (bicyclic) bond motifs is 1. The van der Waals surface area contributed by atoms with Crippen LogP contribution < -0.4 is 26.4 Å². The molecule has 2 atom stereocenters. The van der Waals surface area contributed by atoms with Crippen LogP contribution in [0.15, 0.2) is 132 Å². The number of anilines is 2. The van der Waals surface area contributed by atoms with Gasteiger partial charge in [-0.3, -0.25) is 19.7 Å². The Hall–Kier alpha value is -6.80. The summed E-state index contributed by atoms with van der Waals surface area (Å²) in [7, 11) is 1.76. The van der Waals surface area contributed by atoms with Crippen LogP contribution in [-0.4, -0.2) is 83.4 Å². The standard InChI is InChI=1S/C51H56N6O7/c1-34(52-33-46(59)42-20-22-45(58)50-43(42)21-23-47(60)55-50)30-35-12-14-37(15-13-35)32-53-48(61)31-36-16-18-39(19-17-36)56(2)49(62)26-29-57-27-24-40(25-28-57)64-51(63)54-44-11-7-6-10-41(44)38-8-4-3-5-9-38/h3-23,34,40,46,52,58-59H,24-33H2,1-2H3,(H,53,61)(H,54,63)(H,55,60)/t34?,46-/m0/s1. The van der Waals surface area contributed by atoms with Crippen LogP contribution >= 0.6 is 0 Å². The lowest BCUT2D eigenvalue weighted by molar-refractivity contribution is -0.120. The fourth-order valence-corrected chi connectivity index (χ4v) is 8.05. The molecule has 64 heavy (non-hydrogen) atoms. The maximum Gasteiger partial charge on any atom is 0.411 e. The number of hydrogen-bond acceptors (Lipinski definition) is 9. The summed E-state index contributed by atoms with van der Waals surface area (Å²) in [5.41, 5.74) is 6.91. The molecule has 1 saturated heterocycles. The van der Waals surface area contributed by atoms with Crippen molar-refractivity contribution in [2.24, 2.45) is 0 Å². The van der Waals surface area contributed by atoms with E-state index in [1.807, 2.05) is 110 Å². The maximum absolute atomic E-state index is 13.1. The number of aromatic amines is 1. The number of hydrogen-bond donors (Lipinski definition) is 6. The molecule has 0 spiro atoms. The van der Waals surface area contributed by atoms with Crippen molar-refractivity contribution < 1.29 is 29.3 Å². The van der Waals surface area contributed by atoms with E-state index in [1.165, 1.54) is 12.1 Å². The van der Waals surface area contributed by atoms with Gasteiger partial charge in [-0.15, -0.1) is 0 Å². The average Bonchev–Trinajstić information content (AvgIpc) is 3.31. The predicted molar refractivity (Wildman–Crippen MR) is 250 cm³/mol. The van der Waals surface area contributed by atoms with Crippen LogP contribution in [0.2, 0.25) is 0 Å². The first-order chi connectivity index (χ1) is 31.0. The van der Waals surface area contributed by atoms with E-state index in [9.17, 15) is 29.4 Å². The molecule has 0 aliphatic carbocycles. The number of carbonyl (C=O) groups excluding carboxylic acids is 3. The summed E-state index contributed by atoms with van der Waals surface area (Å²) in [5, 5.41) is 30.9. The predicted octanol–water partition coefficient (Wildman–Crippen LogP) is 7.08. The van der Waals surface area contributed by atoms with Crippen molar-refractivity contribution in [1.82, 2.24) is 20.5 Å². The van der Waals surface area contributed by atoms with E-state index >= 15 is 0 Å². The monoisotopic (exact) mass is 864 g/mol. The second-order valence-corrected chi connectivity index (χ2v) is 16.4. The second kappa shape index (κ2) is 21.5. The number of pyridine rings is 1. The number of aromatic hydroxyl groups is 1. The number of amides is 3. The number of phenolic OH excluding ortho intramolecular Hbond substituents is 1. The first kappa shape index (κ1) is 45.2. The molecule has 7 rings (SSSR count). The van der Waals surface area contributed by atoms with Gasteiger partial charge in [-0.2, -0.15) is 0 Å². The van der Waals surface area contributed by atoms with E-state index in [2.05, 4.69) is 25.8 Å². The van der Waals surface area contributed by atoms with Gasteiger partial charge < -0.3 is 40.4 Å². The van der Waals surface area contributed by atoms with Crippen molar-refractivity contribution in [2.75, 3.05) is 43.4 Å². The molecule has 332 valence electrons. The number of nitrogens with one attached hydrogen (secondary N) is 4. The number of para-hydroxylation sites is 1. The summed E-state index contributed by atoms with van der Waals surface area (Å²) >= 11 is 0. The van der Waals surface area contributed by atoms with Crippen molar-refractivity contribution >= 4 is 40.2 Å². The van der Waals surface area contributed by atoms with Gasteiger partial charge in [-0.25, -0.2) is 4.79 Å². The smallest absolute Gasteiger partial charge is 0.411 e. The van der Waals surface area contributed by atoms with Crippen LogP contribution in [0.25, 0.3) is 22.0 Å². The minimum Gasteiger partial charge on any atom is -0.506 e. The Morgan fingerprint density at radius 1 is 0.844 bits per heavy atom. The highest BCUT2D eigenvalue weighted by molar-refractivity contribution is 5.93. The second-order valence-electron chi connectivity index (χ2n) is 16.4. The van der Waals surface area contributed by atoms with Gasteiger partial charge in [0.15, 0.2) is 0 Å². The van der Waals surface area contributed by atoms with Crippen molar-refractivity contribution in [3.8, 4) is 16.9 Å². The van der Waals surface area contributed by atoms with E-state index in [0.717, 1.165) is 53.0 Å². The van der Waals surface area contributed by atoms with E-state index in [-0.39, 0.29) is 48.2 Å². The molecule has 1 aromatic heterocycles. The Labute approximate surface area is 373 Å². The van der Waals surface area contributed by atoms with Crippen molar-refractivity contribution in [1.29, 1.82) is 0 Å². The molecule has 1 aliphatic rings. The number of ether oxygens (including phenoxy) is 1. The van der Waals surface area contributed by atoms with Gasteiger partial charge in [0.1, 0.15) is 11.9 Å². The van der Waals surface area contributed by atoms with Crippen LogP contribution in [0, 0.1) is 0 Å². The highest BCUT2D eigenvalue weighted by Gasteiger charge is 2.24. The van der Waals surface area contributed by atoms with Gasteiger partial charge >= 0.3 is 6.09 Å². The number of aromatic nitrogens is 1. The summed E-state index contributed by atoms with van der Waals surface area (Å²) in [5.74, 6) is -0.155. The molecule has 6 N–H and O–H groups in total. The number of carbonyl (C=O) groups is 3. The van der Waals surface area contributed by atoms with Crippen LogP contribution in [0.5, 0.6) is 5.75 Å². The number of rotatable bonds is 17. The number of phenols is 1. The highest BCUT2D eigenvalue weighted by atomic mass is 16.6. The first-order valence-corrected chi connectivity index (χ1v) is 21.8. The molecule has 13 nitrogen and oxygen atoms in total. The molecular formula is C51H56N6O7.